The maximum atomic E-state index is 12.9. The lowest BCUT2D eigenvalue weighted by Crippen LogP contribution is -2.30. The second-order valence-electron chi connectivity index (χ2n) is 7.79. The van der Waals surface area contributed by atoms with Crippen LogP contribution in [0.2, 0.25) is 5.02 Å². The van der Waals surface area contributed by atoms with Gasteiger partial charge in [0, 0.05) is 55.2 Å². The molecule has 3 aromatic heterocycles. The molecule has 0 saturated heterocycles. The SMILES string of the molecule is CCN1CCc2c(n(C)c3cc(-n4ccc(-c5ccc(Cl)cn5)cc4=O)ccc23)C1. The molecule has 0 bridgehead atoms. The van der Waals surface area contributed by atoms with E-state index in [1.165, 1.54) is 22.2 Å². The highest BCUT2D eigenvalue weighted by Crippen LogP contribution is 2.31. The first-order chi connectivity index (χ1) is 14.5. The largest absolute Gasteiger partial charge is 0.346 e. The number of hydrogen-bond donors (Lipinski definition) is 0. The molecule has 0 saturated carbocycles. The monoisotopic (exact) mass is 418 g/mol. The highest BCUT2D eigenvalue weighted by Gasteiger charge is 2.22. The molecule has 1 aliphatic rings. The summed E-state index contributed by atoms with van der Waals surface area (Å²) in [6.45, 7) is 5.36. The quantitative estimate of drug-likeness (QED) is 0.494. The molecule has 0 amide bonds. The van der Waals surface area contributed by atoms with Crippen molar-refractivity contribution < 1.29 is 0 Å². The summed E-state index contributed by atoms with van der Waals surface area (Å²) >= 11 is 5.92. The molecule has 0 N–H and O–H groups in total. The summed E-state index contributed by atoms with van der Waals surface area (Å²) in [6.07, 6.45) is 4.48. The zero-order valence-corrected chi connectivity index (χ0v) is 17.9. The lowest BCUT2D eigenvalue weighted by Gasteiger charge is -2.26. The normalized spacial score (nSPS) is 14.2. The molecule has 152 valence electrons. The van der Waals surface area contributed by atoms with Crippen LogP contribution in [0.25, 0.3) is 27.8 Å². The first-order valence-corrected chi connectivity index (χ1v) is 10.6. The molecular formula is C24H23ClN4O. The van der Waals surface area contributed by atoms with Gasteiger partial charge >= 0.3 is 0 Å². The molecule has 4 heterocycles. The number of aryl methyl sites for hydroxylation is 1. The summed E-state index contributed by atoms with van der Waals surface area (Å²) in [4.78, 5) is 19.6. The number of nitrogens with zero attached hydrogens (tertiary/aromatic N) is 4. The van der Waals surface area contributed by atoms with Crippen molar-refractivity contribution in [1.29, 1.82) is 0 Å². The third kappa shape index (κ3) is 3.15. The molecule has 5 rings (SSSR count). The minimum atomic E-state index is -0.0836. The van der Waals surface area contributed by atoms with Gasteiger partial charge in [0.1, 0.15) is 0 Å². The van der Waals surface area contributed by atoms with Crippen LogP contribution in [0.15, 0.2) is 59.7 Å². The van der Waals surface area contributed by atoms with Crippen molar-refractivity contribution in [3.63, 3.8) is 0 Å². The number of hydrogen-bond acceptors (Lipinski definition) is 3. The van der Waals surface area contributed by atoms with E-state index in [0.29, 0.717) is 5.02 Å². The number of likely N-dealkylation sites (N-methyl/N-ethyl adjacent to an activating group) is 1. The Morgan fingerprint density at radius 3 is 2.73 bits per heavy atom. The summed E-state index contributed by atoms with van der Waals surface area (Å²) in [5.41, 5.74) is 6.30. The Morgan fingerprint density at radius 1 is 1.13 bits per heavy atom. The van der Waals surface area contributed by atoms with Crippen molar-refractivity contribution in [2.45, 2.75) is 19.9 Å². The molecule has 0 unspecified atom stereocenters. The molecule has 1 aromatic carbocycles. The number of aromatic nitrogens is 3. The summed E-state index contributed by atoms with van der Waals surface area (Å²) in [5.74, 6) is 0. The van der Waals surface area contributed by atoms with Gasteiger partial charge in [-0.25, -0.2) is 0 Å². The average molecular weight is 419 g/mol. The highest BCUT2D eigenvalue weighted by atomic mass is 35.5. The predicted molar refractivity (Wildman–Crippen MR) is 121 cm³/mol. The number of pyridine rings is 2. The lowest BCUT2D eigenvalue weighted by molar-refractivity contribution is 0.262. The first kappa shape index (κ1) is 19.1. The summed E-state index contributed by atoms with van der Waals surface area (Å²) < 4.78 is 3.97. The molecule has 1 aliphatic heterocycles. The van der Waals surface area contributed by atoms with Crippen molar-refractivity contribution in [2.24, 2.45) is 7.05 Å². The van der Waals surface area contributed by atoms with Crippen LogP contribution in [0.5, 0.6) is 0 Å². The topological polar surface area (TPSA) is 43.1 Å². The minimum Gasteiger partial charge on any atom is -0.346 e. The van der Waals surface area contributed by atoms with Gasteiger partial charge < -0.3 is 4.57 Å². The van der Waals surface area contributed by atoms with Crippen LogP contribution in [0.1, 0.15) is 18.2 Å². The number of halogens is 1. The van der Waals surface area contributed by atoms with Crippen LogP contribution < -0.4 is 5.56 Å². The third-order valence-corrected chi connectivity index (χ3v) is 6.36. The Morgan fingerprint density at radius 2 is 2.00 bits per heavy atom. The van der Waals surface area contributed by atoms with Gasteiger partial charge in [-0.15, -0.1) is 0 Å². The van der Waals surface area contributed by atoms with Crippen LogP contribution in [0.3, 0.4) is 0 Å². The smallest absolute Gasteiger partial charge is 0.255 e. The maximum Gasteiger partial charge on any atom is 0.255 e. The van der Waals surface area contributed by atoms with Crippen molar-refractivity contribution in [3.05, 3.63) is 81.5 Å². The van der Waals surface area contributed by atoms with E-state index >= 15 is 0 Å². The van der Waals surface area contributed by atoms with Crippen molar-refractivity contribution in [3.8, 4) is 16.9 Å². The molecule has 0 fully saturated rings. The molecule has 6 heteroatoms. The minimum absolute atomic E-state index is 0.0836. The van der Waals surface area contributed by atoms with E-state index in [9.17, 15) is 4.79 Å². The van der Waals surface area contributed by atoms with Gasteiger partial charge in [0.15, 0.2) is 0 Å². The fraction of sp³-hybridized carbons (Fsp3) is 0.250. The van der Waals surface area contributed by atoms with Gasteiger partial charge in [-0.1, -0.05) is 24.6 Å². The Labute approximate surface area is 180 Å². The fourth-order valence-corrected chi connectivity index (χ4v) is 4.53. The van der Waals surface area contributed by atoms with Crippen molar-refractivity contribution >= 4 is 22.5 Å². The second kappa shape index (κ2) is 7.42. The first-order valence-electron chi connectivity index (χ1n) is 10.2. The highest BCUT2D eigenvalue weighted by molar-refractivity contribution is 6.30. The Balaban J connectivity index is 1.56. The van der Waals surface area contributed by atoms with E-state index in [-0.39, 0.29) is 5.56 Å². The average Bonchev–Trinajstić information content (AvgIpc) is 3.05. The van der Waals surface area contributed by atoms with E-state index in [4.69, 9.17) is 11.6 Å². The summed E-state index contributed by atoms with van der Waals surface area (Å²) in [6, 6.07) is 13.4. The Hall–Kier alpha value is -2.89. The number of benzene rings is 1. The zero-order valence-electron chi connectivity index (χ0n) is 17.1. The molecule has 30 heavy (non-hydrogen) atoms. The molecule has 0 radical (unpaired) electrons. The van der Waals surface area contributed by atoms with Gasteiger partial charge in [-0.05, 0) is 48.9 Å². The van der Waals surface area contributed by atoms with E-state index in [1.807, 2.05) is 24.4 Å². The molecule has 0 spiro atoms. The summed E-state index contributed by atoms with van der Waals surface area (Å²) in [7, 11) is 2.13. The summed E-state index contributed by atoms with van der Waals surface area (Å²) in [5, 5.41) is 1.87. The van der Waals surface area contributed by atoms with Gasteiger partial charge in [-0.2, -0.15) is 0 Å². The lowest BCUT2D eigenvalue weighted by atomic mass is 10.0. The fourth-order valence-electron chi connectivity index (χ4n) is 4.42. The van der Waals surface area contributed by atoms with Gasteiger partial charge in [-0.3, -0.25) is 19.2 Å². The third-order valence-electron chi connectivity index (χ3n) is 6.14. The van der Waals surface area contributed by atoms with Crippen LogP contribution >= 0.6 is 11.6 Å². The Bertz CT molecular complexity index is 1300. The van der Waals surface area contributed by atoms with Gasteiger partial charge in [0.05, 0.1) is 21.9 Å². The number of fused-ring (bicyclic) bond motifs is 3. The van der Waals surface area contributed by atoms with Crippen LogP contribution in [0, 0.1) is 0 Å². The van der Waals surface area contributed by atoms with E-state index in [0.717, 1.165) is 43.0 Å². The van der Waals surface area contributed by atoms with Crippen LogP contribution in [0.4, 0.5) is 0 Å². The zero-order chi connectivity index (χ0) is 20.8. The van der Waals surface area contributed by atoms with Crippen LogP contribution in [-0.4, -0.2) is 32.1 Å². The molecular weight excluding hydrogens is 396 g/mol. The molecule has 0 atom stereocenters. The van der Waals surface area contributed by atoms with Crippen LogP contribution in [-0.2, 0) is 20.0 Å². The van der Waals surface area contributed by atoms with E-state index in [2.05, 4.69) is 40.6 Å². The van der Waals surface area contributed by atoms with Crippen molar-refractivity contribution in [1.82, 2.24) is 19.0 Å². The Kier molecular flexibility index (Phi) is 4.72. The van der Waals surface area contributed by atoms with Gasteiger partial charge in [0.2, 0.25) is 0 Å². The van der Waals surface area contributed by atoms with E-state index in [1.54, 1.807) is 22.9 Å². The number of rotatable bonds is 3. The molecule has 4 aromatic rings. The molecule has 5 nitrogen and oxygen atoms in total. The van der Waals surface area contributed by atoms with E-state index < -0.39 is 0 Å². The van der Waals surface area contributed by atoms with Gasteiger partial charge in [0.25, 0.3) is 5.56 Å². The second-order valence-corrected chi connectivity index (χ2v) is 8.23. The van der Waals surface area contributed by atoms with Crippen molar-refractivity contribution in [2.75, 3.05) is 13.1 Å². The standard InChI is InChI=1S/C24H23ClN4O/c1-3-28-10-9-20-19-6-5-18(13-22(19)27(2)23(20)15-28)29-11-8-16(12-24(29)30)21-7-4-17(25)14-26-21/h4-8,11-14H,3,9-10,15H2,1-2H3. The predicted octanol–water partition coefficient (Wildman–Crippen LogP) is 4.42. The molecule has 0 aliphatic carbocycles. The maximum absolute atomic E-state index is 12.9.